The Kier molecular flexibility index (Phi) is 5.49. The van der Waals surface area contributed by atoms with Crippen LogP contribution in [0, 0.1) is 17.0 Å². The molecule has 0 atom stereocenters. The third-order valence-corrected chi connectivity index (χ3v) is 5.60. The molecule has 0 aliphatic carbocycles. The number of aryl methyl sites for hydroxylation is 1. The van der Waals surface area contributed by atoms with Gasteiger partial charge in [0.25, 0.3) is 11.6 Å². The molecule has 11 nitrogen and oxygen atoms in total. The van der Waals surface area contributed by atoms with Crippen LogP contribution in [0.3, 0.4) is 0 Å². The molecular formula is C25H18N6O5. The van der Waals surface area contributed by atoms with Gasteiger partial charge in [0.15, 0.2) is 11.4 Å². The van der Waals surface area contributed by atoms with Crippen molar-refractivity contribution in [3.05, 3.63) is 98.5 Å². The number of phenols is 1. The molecule has 1 heterocycles. The number of azo groups is 1. The maximum absolute atomic E-state index is 13.1. The number of aromatic nitrogens is 2. The number of H-pyrrole nitrogens is 2. The van der Waals surface area contributed by atoms with E-state index in [2.05, 4.69) is 25.5 Å². The van der Waals surface area contributed by atoms with Crippen LogP contribution in [0.2, 0.25) is 0 Å². The molecule has 0 radical (unpaired) electrons. The number of rotatable bonds is 5. The number of aromatic hydroxyl groups is 1. The van der Waals surface area contributed by atoms with E-state index in [1.807, 2.05) is 0 Å². The number of benzene rings is 4. The van der Waals surface area contributed by atoms with Gasteiger partial charge in [-0.3, -0.25) is 14.9 Å². The molecule has 0 spiro atoms. The van der Waals surface area contributed by atoms with E-state index in [0.29, 0.717) is 33.1 Å². The lowest BCUT2D eigenvalue weighted by Gasteiger charge is -2.11. The number of phenolic OH excluding ortho intramolecular Hbond substituents is 1. The van der Waals surface area contributed by atoms with Gasteiger partial charge in [-0.2, -0.15) is 0 Å². The van der Waals surface area contributed by atoms with Gasteiger partial charge in [-0.25, -0.2) is 4.79 Å². The van der Waals surface area contributed by atoms with Crippen LogP contribution >= 0.6 is 0 Å². The van der Waals surface area contributed by atoms with Gasteiger partial charge >= 0.3 is 5.69 Å². The molecule has 1 aromatic heterocycles. The number of amides is 1. The first-order chi connectivity index (χ1) is 17.3. The minimum atomic E-state index is -0.617. The number of aromatic amines is 2. The molecule has 0 saturated heterocycles. The summed E-state index contributed by atoms with van der Waals surface area (Å²) in [4.78, 5) is 40.7. The minimum absolute atomic E-state index is 0.00135. The second kappa shape index (κ2) is 8.80. The van der Waals surface area contributed by atoms with Crippen LogP contribution in [0.4, 0.5) is 22.7 Å². The second-order valence-corrected chi connectivity index (χ2v) is 8.09. The fraction of sp³-hybridized carbons (Fsp3) is 0.0400. The van der Waals surface area contributed by atoms with Crippen molar-refractivity contribution in [1.29, 1.82) is 0 Å². The highest BCUT2D eigenvalue weighted by molar-refractivity contribution is 6.12. The van der Waals surface area contributed by atoms with Gasteiger partial charge in [0.2, 0.25) is 0 Å². The summed E-state index contributed by atoms with van der Waals surface area (Å²) in [5.74, 6) is -1.05. The van der Waals surface area contributed by atoms with Crippen LogP contribution in [0.1, 0.15) is 15.9 Å². The zero-order valence-electron chi connectivity index (χ0n) is 18.8. The lowest BCUT2D eigenvalue weighted by atomic mass is 10.0. The van der Waals surface area contributed by atoms with Crippen LogP contribution in [-0.2, 0) is 0 Å². The monoisotopic (exact) mass is 482 g/mol. The Morgan fingerprint density at radius 2 is 1.78 bits per heavy atom. The zero-order chi connectivity index (χ0) is 25.4. The number of nitrogens with one attached hydrogen (secondary N) is 3. The predicted octanol–water partition coefficient (Wildman–Crippen LogP) is 5.60. The van der Waals surface area contributed by atoms with Crippen LogP contribution in [0.15, 0.2) is 81.8 Å². The summed E-state index contributed by atoms with van der Waals surface area (Å²) >= 11 is 0. The zero-order valence-corrected chi connectivity index (χ0v) is 18.8. The molecule has 0 bridgehead atoms. The first kappa shape index (κ1) is 22.5. The van der Waals surface area contributed by atoms with E-state index in [0.717, 1.165) is 0 Å². The van der Waals surface area contributed by atoms with Crippen molar-refractivity contribution in [2.75, 3.05) is 5.32 Å². The lowest BCUT2D eigenvalue weighted by molar-refractivity contribution is -0.384. The summed E-state index contributed by atoms with van der Waals surface area (Å²) in [5, 5.41) is 34.4. The number of hydrogen-bond donors (Lipinski definition) is 4. The molecule has 0 aliphatic rings. The second-order valence-electron chi connectivity index (χ2n) is 8.09. The summed E-state index contributed by atoms with van der Waals surface area (Å²) in [6, 6.07) is 17.8. The largest absolute Gasteiger partial charge is 0.505 e. The summed E-state index contributed by atoms with van der Waals surface area (Å²) in [6.45, 7) is 1.72. The fourth-order valence-electron chi connectivity index (χ4n) is 3.87. The molecule has 178 valence electrons. The van der Waals surface area contributed by atoms with E-state index < -0.39 is 16.6 Å². The highest BCUT2D eigenvalue weighted by Crippen LogP contribution is 2.40. The number of hydrogen-bond acceptors (Lipinski definition) is 7. The average Bonchev–Trinajstić information content (AvgIpc) is 3.23. The van der Waals surface area contributed by atoms with Gasteiger partial charge in [0, 0.05) is 17.1 Å². The number of anilines is 1. The topological polar surface area (TPSA) is 166 Å². The van der Waals surface area contributed by atoms with Gasteiger partial charge in [-0.15, -0.1) is 10.2 Å². The van der Waals surface area contributed by atoms with Crippen molar-refractivity contribution in [2.45, 2.75) is 6.92 Å². The van der Waals surface area contributed by atoms with E-state index in [1.54, 1.807) is 55.5 Å². The van der Waals surface area contributed by atoms with Crippen molar-refractivity contribution >= 4 is 50.5 Å². The van der Waals surface area contributed by atoms with Crippen molar-refractivity contribution in [1.82, 2.24) is 9.97 Å². The van der Waals surface area contributed by atoms with Gasteiger partial charge < -0.3 is 20.4 Å². The number of nitro benzene ring substituents is 1. The number of carbonyl (C=O) groups is 1. The molecule has 36 heavy (non-hydrogen) atoms. The van der Waals surface area contributed by atoms with Crippen molar-refractivity contribution < 1.29 is 14.8 Å². The van der Waals surface area contributed by atoms with Gasteiger partial charge in [-0.1, -0.05) is 30.3 Å². The average molecular weight is 482 g/mol. The Morgan fingerprint density at radius 1 is 1.00 bits per heavy atom. The van der Waals surface area contributed by atoms with E-state index in [-0.39, 0.29) is 28.3 Å². The molecule has 1 amide bonds. The minimum Gasteiger partial charge on any atom is -0.505 e. The first-order valence-electron chi connectivity index (χ1n) is 10.7. The van der Waals surface area contributed by atoms with Crippen LogP contribution in [0.25, 0.3) is 21.8 Å². The molecule has 4 aromatic carbocycles. The quantitative estimate of drug-likeness (QED) is 0.145. The molecular weight excluding hydrogens is 464 g/mol. The molecule has 5 rings (SSSR count). The molecule has 11 heteroatoms. The summed E-state index contributed by atoms with van der Waals surface area (Å²) < 4.78 is 0. The number of fused-ring (bicyclic) bond motifs is 2. The van der Waals surface area contributed by atoms with Gasteiger partial charge in [-0.05, 0) is 48.2 Å². The Hall–Kier alpha value is -5.32. The van der Waals surface area contributed by atoms with E-state index in [1.165, 1.54) is 18.2 Å². The highest BCUT2D eigenvalue weighted by atomic mass is 16.6. The fourth-order valence-corrected chi connectivity index (χ4v) is 3.87. The highest BCUT2D eigenvalue weighted by Gasteiger charge is 2.20. The van der Waals surface area contributed by atoms with Gasteiger partial charge in [0.05, 0.1) is 21.5 Å². The number of imidazole rings is 1. The molecule has 4 N–H and O–H groups in total. The molecule has 0 unspecified atom stereocenters. The predicted molar refractivity (Wildman–Crippen MR) is 134 cm³/mol. The lowest BCUT2D eigenvalue weighted by Crippen LogP contribution is -2.12. The van der Waals surface area contributed by atoms with Crippen molar-refractivity contribution in [2.24, 2.45) is 10.2 Å². The Labute approximate surface area is 202 Å². The normalized spacial score (nSPS) is 11.4. The standard InChI is InChI=1S/C25H18N6O5/c1-13-6-8-19(21(10-13)31(35)36)29-30-22-16-5-3-2-4-14(16)11-17(23(22)32)24(33)26-15-7-9-18-20(12-15)28-25(34)27-18/h2-12,32H,1H3,(H,26,33)(H2,27,28,34). The third kappa shape index (κ3) is 4.16. The first-order valence-corrected chi connectivity index (χ1v) is 10.7. The van der Waals surface area contributed by atoms with Crippen LogP contribution in [-0.4, -0.2) is 25.9 Å². The van der Waals surface area contributed by atoms with E-state index >= 15 is 0 Å². The van der Waals surface area contributed by atoms with Crippen LogP contribution in [0.5, 0.6) is 5.75 Å². The summed E-state index contributed by atoms with van der Waals surface area (Å²) in [5.41, 5.74) is 1.52. The molecule has 5 aromatic rings. The summed E-state index contributed by atoms with van der Waals surface area (Å²) in [6.07, 6.45) is 0. The smallest absolute Gasteiger partial charge is 0.323 e. The Balaban J connectivity index is 1.57. The number of nitrogens with zero attached hydrogens (tertiary/aromatic N) is 3. The molecule has 0 saturated carbocycles. The maximum Gasteiger partial charge on any atom is 0.323 e. The molecule has 0 aliphatic heterocycles. The molecule has 0 fully saturated rings. The van der Waals surface area contributed by atoms with Gasteiger partial charge in [0.1, 0.15) is 5.69 Å². The number of carbonyl (C=O) groups excluding carboxylic acids is 1. The SMILES string of the molecule is Cc1ccc(N=Nc2c(O)c(C(=O)Nc3ccc4[nH]c(=O)[nH]c4c3)cc3ccccc23)c([N+](=O)[O-])c1. The van der Waals surface area contributed by atoms with Crippen molar-refractivity contribution in [3.63, 3.8) is 0 Å². The number of nitro groups is 1. The van der Waals surface area contributed by atoms with Crippen molar-refractivity contribution in [3.8, 4) is 5.75 Å². The maximum atomic E-state index is 13.1. The van der Waals surface area contributed by atoms with E-state index in [4.69, 9.17) is 0 Å². The third-order valence-electron chi connectivity index (χ3n) is 5.60. The summed E-state index contributed by atoms with van der Waals surface area (Å²) in [7, 11) is 0. The van der Waals surface area contributed by atoms with E-state index in [9.17, 15) is 24.8 Å². The Morgan fingerprint density at radius 3 is 2.58 bits per heavy atom. The van der Waals surface area contributed by atoms with Crippen LogP contribution < -0.4 is 11.0 Å². The Bertz CT molecular complexity index is 1770.